The van der Waals surface area contributed by atoms with E-state index in [9.17, 15) is 19.2 Å². The predicted octanol–water partition coefficient (Wildman–Crippen LogP) is -0.0632. The van der Waals surface area contributed by atoms with Gasteiger partial charge in [-0.05, 0) is 13.8 Å². The first-order chi connectivity index (χ1) is 13.9. The number of hydrogen-bond donors (Lipinski definition) is 3. The lowest BCUT2D eigenvalue weighted by Gasteiger charge is -2.44. The van der Waals surface area contributed by atoms with Gasteiger partial charge in [0, 0.05) is 37.1 Å². The zero-order valence-corrected chi connectivity index (χ0v) is 19.1. The van der Waals surface area contributed by atoms with Crippen LogP contribution < -0.4 is 16.4 Å². The van der Waals surface area contributed by atoms with Crippen LogP contribution in [0.3, 0.4) is 0 Å². The van der Waals surface area contributed by atoms with Crippen molar-refractivity contribution in [3.8, 4) is 0 Å². The van der Waals surface area contributed by atoms with Gasteiger partial charge in [0.2, 0.25) is 11.8 Å². The van der Waals surface area contributed by atoms with Gasteiger partial charge in [0.1, 0.15) is 12.1 Å². The van der Waals surface area contributed by atoms with Crippen molar-refractivity contribution >= 4 is 34.7 Å². The maximum Gasteiger partial charge on any atom is 0.323 e. The lowest BCUT2D eigenvalue weighted by Crippen LogP contribution is -2.56. The molecule has 30 heavy (non-hydrogen) atoms. The number of amides is 2. The number of esters is 1. The molecule has 0 aromatic carbocycles. The first-order valence-corrected chi connectivity index (χ1v) is 10.7. The fourth-order valence-electron chi connectivity index (χ4n) is 2.63. The van der Waals surface area contributed by atoms with Crippen LogP contribution in [0.4, 0.5) is 0 Å². The zero-order chi connectivity index (χ0) is 22.9. The van der Waals surface area contributed by atoms with Crippen molar-refractivity contribution in [2.45, 2.75) is 58.5 Å². The number of hydrogen-bond acceptors (Lipinski definition) is 9. The summed E-state index contributed by atoms with van der Waals surface area (Å²) in [5, 5.41) is 5.14. The molecule has 0 unspecified atom stereocenters. The smallest absolute Gasteiger partial charge is 0.323 e. The number of ether oxygens (including phenoxy) is 3. The molecule has 1 aliphatic heterocycles. The Morgan fingerprint density at radius 1 is 1.17 bits per heavy atom. The van der Waals surface area contributed by atoms with Gasteiger partial charge in [0.15, 0.2) is 10.9 Å². The largest absolute Gasteiger partial charge is 0.468 e. The molecule has 0 spiro atoms. The standard InChI is InChI=1S/C19H33N3O7S/c1-18(2)11-28-19(3,4)29-15(18)16(25)22-7-6-13(23)21-8-9-30-14(24)10-12(20)17(26)27-5/h12,15H,6-11,20H2,1-5H3,(H,21,23)(H,22,25)/t12-,15-/m0/s1. The second-order valence-electron chi connectivity index (χ2n) is 8.12. The lowest BCUT2D eigenvalue weighted by molar-refractivity contribution is -0.304. The average molecular weight is 448 g/mol. The molecule has 2 amide bonds. The molecule has 11 heteroatoms. The molecule has 0 aromatic heterocycles. The van der Waals surface area contributed by atoms with Crippen molar-refractivity contribution in [3.63, 3.8) is 0 Å². The summed E-state index contributed by atoms with van der Waals surface area (Å²) in [6.45, 7) is 8.11. The quantitative estimate of drug-likeness (QED) is 0.309. The van der Waals surface area contributed by atoms with E-state index in [0.717, 1.165) is 11.8 Å². The topological polar surface area (TPSA) is 146 Å². The second-order valence-corrected chi connectivity index (χ2v) is 9.27. The maximum atomic E-state index is 12.5. The van der Waals surface area contributed by atoms with Crippen LogP contribution in [0, 0.1) is 5.41 Å². The van der Waals surface area contributed by atoms with Crippen LogP contribution in [0.15, 0.2) is 0 Å². The molecular weight excluding hydrogens is 414 g/mol. The summed E-state index contributed by atoms with van der Waals surface area (Å²) in [5.74, 6) is -1.67. The Hall–Kier alpha value is -1.69. The maximum absolute atomic E-state index is 12.5. The monoisotopic (exact) mass is 447 g/mol. The number of nitrogens with two attached hydrogens (primary N) is 1. The summed E-state index contributed by atoms with van der Waals surface area (Å²) in [4.78, 5) is 47.2. The van der Waals surface area contributed by atoms with Gasteiger partial charge in [-0.1, -0.05) is 25.6 Å². The molecule has 1 aliphatic rings. The Kier molecular flexibility index (Phi) is 10.2. The third-order valence-electron chi connectivity index (χ3n) is 4.37. The molecule has 0 aromatic rings. The van der Waals surface area contributed by atoms with E-state index in [-0.39, 0.29) is 42.9 Å². The van der Waals surface area contributed by atoms with Crippen LogP contribution in [-0.4, -0.2) is 73.4 Å². The van der Waals surface area contributed by atoms with Crippen molar-refractivity contribution in [2.24, 2.45) is 11.1 Å². The normalized spacial score (nSPS) is 20.7. The number of carbonyl (C=O) groups excluding carboxylic acids is 4. The second kappa shape index (κ2) is 11.6. The number of carbonyl (C=O) groups is 4. The molecule has 0 bridgehead atoms. The third kappa shape index (κ3) is 8.99. The van der Waals surface area contributed by atoms with Crippen molar-refractivity contribution in [2.75, 3.05) is 32.6 Å². The van der Waals surface area contributed by atoms with Crippen molar-refractivity contribution in [3.05, 3.63) is 0 Å². The first-order valence-electron chi connectivity index (χ1n) is 9.73. The van der Waals surface area contributed by atoms with E-state index in [1.165, 1.54) is 7.11 Å². The van der Waals surface area contributed by atoms with Gasteiger partial charge in [-0.2, -0.15) is 0 Å². The van der Waals surface area contributed by atoms with E-state index in [0.29, 0.717) is 12.4 Å². The molecule has 1 rings (SSSR count). The molecule has 1 fully saturated rings. The van der Waals surface area contributed by atoms with Crippen LogP contribution in [0.5, 0.6) is 0 Å². The minimum Gasteiger partial charge on any atom is -0.468 e. The minimum absolute atomic E-state index is 0.102. The highest BCUT2D eigenvalue weighted by Gasteiger charge is 2.45. The third-order valence-corrected chi connectivity index (χ3v) is 5.27. The lowest BCUT2D eigenvalue weighted by atomic mass is 9.85. The number of thioether (sulfide) groups is 1. The van der Waals surface area contributed by atoms with E-state index < -0.39 is 29.3 Å². The van der Waals surface area contributed by atoms with Crippen LogP contribution >= 0.6 is 11.8 Å². The zero-order valence-electron chi connectivity index (χ0n) is 18.2. The van der Waals surface area contributed by atoms with E-state index in [1.54, 1.807) is 13.8 Å². The number of methoxy groups -OCH3 is 1. The van der Waals surface area contributed by atoms with Crippen molar-refractivity contribution in [1.29, 1.82) is 0 Å². The van der Waals surface area contributed by atoms with E-state index in [4.69, 9.17) is 15.2 Å². The summed E-state index contributed by atoms with van der Waals surface area (Å²) >= 11 is 0.982. The SMILES string of the molecule is COC(=O)[C@@H](N)CC(=O)SCCNC(=O)CCNC(=O)[C@@H]1OC(C)(C)OCC1(C)C. The van der Waals surface area contributed by atoms with Crippen molar-refractivity contribution in [1.82, 2.24) is 10.6 Å². The van der Waals surface area contributed by atoms with Gasteiger partial charge in [0.25, 0.3) is 0 Å². The Morgan fingerprint density at radius 3 is 2.47 bits per heavy atom. The van der Waals surface area contributed by atoms with Crippen molar-refractivity contribution < 1.29 is 33.4 Å². The summed E-state index contributed by atoms with van der Waals surface area (Å²) < 4.78 is 15.8. The molecule has 0 radical (unpaired) electrons. The molecule has 10 nitrogen and oxygen atoms in total. The molecule has 4 N–H and O–H groups in total. The minimum atomic E-state index is -0.983. The Morgan fingerprint density at radius 2 is 1.83 bits per heavy atom. The molecule has 1 saturated heterocycles. The molecular formula is C19H33N3O7S. The van der Waals surface area contributed by atoms with Gasteiger partial charge in [-0.15, -0.1) is 0 Å². The summed E-state index contributed by atoms with van der Waals surface area (Å²) in [6.07, 6.45) is -0.702. The highest BCUT2D eigenvalue weighted by molar-refractivity contribution is 8.13. The van der Waals surface area contributed by atoms with E-state index in [1.807, 2.05) is 13.8 Å². The van der Waals surface area contributed by atoms with E-state index in [2.05, 4.69) is 15.4 Å². The summed E-state index contributed by atoms with van der Waals surface area (Å²) in [6, 6.07) is -0.983. The highest BCUT2D eigenvalue weighted by atomic mass is 32.2. The fraction of sp³-hybridized carbons (Fsp3) is 0.789. The summed E-state index contributed by atoms with van der Waals surface area (Å²) in [7, 11) is 1.20. The Labute approximate surface area is 181 Å². The van der Waals surface area contributed by atoms with Crippen LogP contribution in [0.25, 0.3) is 0 Å². The Balaban J connectivity index is 2.23. The van der Waals surface area contributed by atoms with Gasteiger partial charge >= 0.3 is 5.97 Å². The molecule has 2 atom stereocenters. The van der Waals surface area contributed by atoms with Crippen LogP contribution in [-0.2, 0) is 33.4 Å². The van der Waals surface area contributed by atoms with Gasteiger partial charge in [-0.3, -0.25) is 19.2 Å². The van der Waals surface area contributed by atoms with Gasteiger partial charge in [-0.25, -0.2) is 0 Å². The Bertz CT molecular complexity index is 640. The summed E-state index contributed by atoms with van der Waals surface area (Å²) in [5.41, 5.74) is 5.03. The number of rotatable bonds is 10. The predicted molar refractivity (Wildman–Crippen MR) is 111 cm³/mol. The molecule has 172 valence electrons. The first kappa shape index (κ1) is 26.3. The van der Waals surface area contributed by atoms with Crippen LogP contribution in [0.1, 0.15) is 40.5 Å². The molecule has 1 heterocycles. The highest BCUT2D eigenvalue weighted by Crippen LogP contribution is 2.34. The molecule has 0 saturated carbocycles. The average Bonchev–Trinajstić information content (AvgIpc) is 2.66. The van der Waals surface area contributed by atoms with Gasteiger partial charge < -0.3 is 30.6 Å². The molecule has 0 aliphatic carbocycles. The number of nitrogens with one attached hydrogen (secondary N) is 2. The van der Waals surface area contributed by atoms with E-state index >= 15 is 0 Å². The van der Waals surface area contributed by atoms with Crippen LogP contribution in [0.2, 0.25) is 0 Å². The van der Waals surface area contributed by atoms with Gasteiger partial charge in [0.05, 0.1) is 13.7 Å². The fourth-order valence-corrected chi connectivity index (χ4v) is 3.36.